The molecule has 2 rings (SSSR count). The number of para-hydroxylation sites is 1. The van der Waals surface area contributed by atoms with Gasteiger partial charge in [0.1, 0.15) is 17.4 Å². The first-order valence-corrected chi connectivity index (χ1v) is 5.10. The molecule has 0 aliphatic rings. The van der Waals surface area contributed by atoms with E-state index in [1.807, 2.05) is 30.3 Å². The van der Waals surface area contributed by atoms with E-state index in [0.717, 1.165) is 11.0 Å². The van der Waals surface area contributed by atoms with Crippen LogP contribution in [0.15, 0.2) is 34.7 Å². The number of amides is 1. The average Bonchev–Trinajstić information content (AvgIpc) is 2.68. The van der Waals surface area contributed by atoms with E-state index in [1.54, 1.807) is 0 Å². The first-order chi connectivity index (χ1) is 7.66. The number of fused-ring (bicyclic) bond motifs is 1. The maximum Gasteiger partial charge on any atom is 0.248 e. The van der Waals surface area contributed by atoms with Gasteiger partial charge in [-0.15, -0.1) is 0 Å². The summed E-state index contributed by atoms with van der Waals surface area (Å²) < 4.78 is 5.50. The molecule has 84 valence electrons. The molecule has 0 aliphatic carbocycles. The molecule has 2 aromatic rings. The summed E-state index contributed by atoms with van der Waals surface area (Å²) in [5.74, 6) is 0.274. The van der Waals surface area contributed by atoms with Gasteiger partial charge in [0.2, 0.25) is 5.91 Å². The molecule has 1 heterocycles. The number of hydrogen-bond donors (Lipinski definition) is 2. The van der Waals surface area contributed by atoms with Gasteiger partial charge in [-0.2, -0.15) is 0 Å². The lowest BCUT2D eigenvalue weighted by Gasteiger charge is -2.04. The minimum Gasteiger partial charge on any atom is -0.459 e. The van der Waals surface area contributed by atoms with Crippen molar-refractivity contribution in [3.8, 4) is 0 Å². The van der Waals surface area contributed by atoms with Gasteiger partial charge in [-0.25, -0.2) is 0 Å². The zero-order valence-corrected chi connectivity index (χ0v) is 8.93. The average molecular weight is 219 g/mol. The predicted molar refractivity (Wildman–Crippen MR) is 59.7 cm³/mol. The topological polar surface area (TPSA) is 62.5 Å². The zero-order chi connectivity index (χ0) is 11.5. The number of nitrogens with one attached hydrogen (secondary N) is 1. The molecule has 0 bridgehead atoms. The molecule has 0 saturated heterocycles. The van der Waals surface area contributed by atoms with Crippen LogP contribution in [0.25, 0.3) is 11.0 Å². The van der Waals surface area contributed by atoms with E-state index in [-0.39, 0.29) is 0 Å². The Balaban J connectivity index is 2.07. The predicted octanol–water partition coefficient (Wildman–Crippen LogP) is 1.43. The Kier molecular flexibility index (Phi) is 2.92. The Bertz CT molecular complexity index is 469. The Labute approximate surface area is 92.9 Å². The van der Waals surface area contributed by atoms with E-state index in [0.29, 0.717) is 12.3 Å². The second kappa shape index (κ2) is 4.37. The summed E-state index contributed by atoms with van der Waals surface area (Å²) in [7, 11) is 0. The highest BCUT2D eigenvalue weighted by molar-refractivity contribution is 5.80. The smallest absolute Gasteiger partial charge is 0.248 e. The normalized spacial score (nSPS) is 12.6. The summed E-state index contributed by atoms with van der Waals surface area (Å²) in [5.41, 5.74) is 0.795. The molecule has 0 fully saturated rings. The van der Waals surface area contributed by atoms with Gasteiger partial charge in [0, 0.05) is 5.39 Å². The summed E-state index contributed by atoms with van der Waals surface area (Å²) in [6.07, 6.45) is -0.996. The fourth-order valence-corrected chi connectivity index (χ4v) is 1.45. The maximum absolute atomic E-state index is 11.1. The van der Waals surface area contributed by atoms with Crippen LogP contribution in [-0.2, 0) is 11.3 Å². The van der Waals surface area contributed by atoms with Crippen LogP contribution < -0.4 is 5.32 Å². The van der Waals surface area contributed by atoms with Crippen molar-refractivity contribution < 1.29 is 14.3 Å². The molecule has 2 N–H and O–H groups in total. The SMILES string of the molecule is CC(O)C(=O)NCc1cc2ccccc2o1. The first-order valence-electron chi connectivity index (χ1n) is 5.10. The standard InChI is InChI=1S/C12H13NO3/c1-8(14)12(15)13-7-10-6-9-4-2-3-5-11(9)16-10/h2-6,8,14H,7H2,1H3,(H,13,15). The van der Waals surface area contributed by atoms with E-state index in [1.165, 1.54) is 6.92 Å². The summed E-state index contributed by atoms with van der Waals surface area (Å²) >= 11 is 0. The van der Waals surface area contributed by atoms with Crippen LogP contribution in [-0.4, -0.2) is 17.1 Å². The molecule has 0 radical (unpaired) electrons. The first kappa shape index (κ1) is 10.7. The quantitative estimate of drug-likeness (QED) is 0.820. The van der Waals surface area contributed by atoms with Crippen molar-refractivity contribution >= 4 is 16.9 Å². The molecule has 1 amide bonds. The van der Waals surface area contributed by atoms with Crippen LogP contribution in [0.3, 0.4) is 0 Å². The Morgan fingerprint density at radius 1 is 1.50 bits per heavy atom. The van der Waals surface area contributed by atoms with E-state index in [2.05, 4.69) is 5.32 Å². The van der Waals surface area contributed by atoms with Crippen molar-refractivity contribution in [1.82, 2.24) is 5.32 Å². The van der Waals surface area contributed by atoms with Crippen molar-refractivity contribution in [3.05, 3.63) is 36.1 Å². The fraction of sp³-hybridized carbons (Fsp3) is 0.250. The molecule has 0 saturated carbocycles. The highest BCUT2D eigenvalue weighted by Crippen LogP contribution is 2.18. The number of aliphatic hydroxyl groups excluding tert-OH is 1. The molecule has 4 nitrogen and oxygen atoms in total. The summed E-state index contributed by atoms with van der Waals surface area (Å²) in [6.45, 7) is 1.71. The number of carbonyl (C=O) groups is 1. The van der Waals surface area contributed by atoms with E-state index in [4.69, 9.17) is 9.52 Å². The number of carbonyl (C=O) groups excluding carboxylic acids is 1. The third-order valence-corrected chi connectivity index (χ3v) is 2.29. The number of benzene rings is 1. The lowest BCUT2D eigenvalue weighted by atomic mass is 10.2. The Morgan fingerprint density at radius 3 is 2.94 bits per heavy atom. The van der Waals surface area contributed by atoms with Gasteiger partial charge in [-0.3, -0.25) is 4.79 Å². The maximum atomic E-state index is 11.1. The van der Waals surface area contributed by atoms with Gasteiger partial charge >= 0.3 is 0 Å². The van der Waals surface area contributed by atoms with Crippen molar-refractivity contribution in [2.45, 2.75) is 19.6 Å². The molecule has 1 aromatic carbocycles. The fourth-order valence-electron chi connectivity index (χ4n) is 1.45. The summed E-state index contributed by atoms with van der Waals surface area (Å²) in [6, 6.07) is 9.51. The number of aliphatic hydroxyl groups is 1. The third-order valence-electron chi connectivity index (χ3n) is 2.29. The highest BCUT2D eigenvalue weighted by Gasteiger charge is 2.09. The monoisotopic (exact) mass is 219 g/mol. The van der Waals surface area contributed by atoms with Crippen molar-refractivity contribution in [2.75, 3.05) is 0 Å². The van der Waals surface area contributed by atoms with Crippen molar-refractivity contribution in [2.24, 2.45) is 0 Å². The number of rotatable bonds is 3. The minimum absolute atomic E-state index is 0.290. The van der Waals surface area contributed by atoms with Gasteiger partial charge in [0.05, 0.1) is 6.54 Å². The second-order valence-electron chi connectivity index (χ2n) is 3.64. The molecular formula is C12H13NO3. The van der Waals surface area contributed by atoms with Crippen LogP contribution in [0.5, 0.6) is 0 Å². The Morgan fingerprint density at radius 2 is 2.25 bits per heavy atom. The molecular weight excluding hydrogens is 206 g/mol. The van der Waals surface area contributed by atoms with Crippen molar-refractivity contribution in [1.29, 1.82) is 0 Å². The zero-order valence-electron chi connectivity index (χ0n) is 8.93. The van der Waals surface area contributed by atoms with Crippen molar-refractivity contribution in [3.63, 3.8) is 0 Å². The number of furan rings is 1. The molecule has 0 aliphatic heterocycles. The third kappa shape index (κ3) is 2.23. The van der Waals surface area contributed by atoms with Gasteiger partial charge in [0.15, 0.2) is 0 Å². The van der Waals surface area contributed by atoms with Gasteiger partial charge in [-0.1, -0.05) is 18.2 Å². The molecule has 16 heavy (non-hydrogen) atoms. The van der Waals surface area contributed by atoms with E-state index < -0.39 is 12.0 Å². The lowest BCUT2D eigenvalue weighted by molar-refractivity contribution is -0.128. The van der Waals surface area contributed by atoms with Gasteiger partial charge in [0.25, 0.3) is 0 Å². The highest BCUT2D eigenvalue weighted by atomic mass is 16.3. The summed E-state index contributed by atoms with van der Waals surface area (Å²) in [4.78, 5) is 11.1. The molecule has 1 atom stereocenters. The molecule has 1 aromatic heterocycles. The summed E-state index contributed by atoms with van der Waals surface area (Å²) in [5, 5.41) is 12.6. The van der Waals surface area contributed by atoms with E-state index >= 15 is 0 Å². The largest absolute Gasteiger partial charge is 0.459 e. The van der Waals surface area contributed by atoms with Crippen LogP contribution in [0, 0.1) is 0 Å². The molecule has 0 spiro atoms. The van der Waals surface area contributed by atoms with Crippen LogP contribution in [0.4, 0.5) is 0 Å². The van der Waals surface area contributed by atoms with E-state index in [9.17, 15) is 4.79 Å². The molecule has 1 unspecified atom stereocenters. The second-order valence-corrected chi connectivity index (χ2v) is 3.64. The van der Waals surface area contributed by atoms with Crippen LogP contribution in [0.1, 0.15) is 12.7 Å². The Hall–Kier alpha value is -1.81. The van der Waals surface area contributed by atoms with Gasteiger partial charge in [-0.05, 0) is 19.1 Å². The van der Waals surface area contributed by atoms with Crippen LogP contribution in [0.2, 0.25) is 0 Å². The lowest BCUT2D eigenvalue weighted by Crippen LogP contribution is -2.31. The number of hydrogen-bond acceptors (Lipinski definition) is 3. The van der Waals surface area contributed by atoms with Gasteiger partial charge < -0.3 is 14.8 Å². The van der Waals surface area contributed by atoms with Crippen LogP contribution >= 0.6 is 0 Å². The molecule has 4 heteroatoms. The minimum atomic E-state index is -0.996.